The van der Waals surface area contributed by atoms with E-state index < -0.39 is 0 Å². The Kier molecular flexibility index (Phi) is 3.59. The van der Waals surface area contributed by atoms with Crippen LogP contribution in [0, 0.1) is 6.92 Å². The lowest BCUT2D eigenvalue weighted by atomic mass is 10.2. The molecule has 4 N–H and O–H groups in total. The largest absolute Gasteiger partial charge is 0.464 e. The number of amides is 1. The summed E-state index contributed by atoms with van der Waals surface area (Å²) < 4.78 is 5.46. The molecule has 0 bridgehead atoms. The number of H-pyrrole nitrogens is 1. The Morgan fingerprint density at radius 2 is 2.32 bits per heavy atom. The first-order valence-corrected chi connectivity index (χ1v) is 6.22. The maximum absolute atomic E-state index is 12.1. The van der Waals surface area contributed by atoms with Gasteiger partial charge in [0.25, 0.3) is 5.91 Å². The first-order valence-electron chi connectivity index (χ1n) is 6.22. The third kappa shape index (κ3) is 2.62. The van der Waals surface area contributed by atoms with Crippen LogP contribution < -0.4 is 11.1 Å². The van der Waals surface area contributed by atoms with Crippen LogP contribution in [0.5, 0.6) is 0 Å². The molecule has 1 unspecified atom stereocenters. The number of rotatable bonds is 4. The highest BCUT2D eigenvalue weighted by Gasteiger charge is 2.19. The molecule has 0 saturated carbocycles. The molecule has 19 heavy (non-hydrogen) atoms. The second-order valence-electron chi connectivity index (χ2n) is 4.46. The van der Waals surface area contributed by atoms with Crippen LogP contribution in [-0.4, -0.2) is 16.1 Å². The van der Waals surface area contributed by atoms with Gasteiger partial charge in [-0.25, -0.2) is 0 Å². The van der Waals surface area contributed by atoms with Gasteiger partial charge < -0.3 is 15.5 Å². The average molecular weight is 262 g/mol. The van der Waals surface area contributed by atoms with Gasteiger partial charge in [-0.2, -0.15) is 5.10 Å². The molecule has 2 rings (SSSR count). The fourth-order valence-corrected chi connectivity index (χ4v) is 1.85. The number of carbonyl (C=O) groups excluding carboxylic acids is 1. The Bertz CT molecular complexity index is 585. The minimum absolute atomic E-state index is 0.229. The molecular weight excluding hydrogens is 244 g/mol. The van der Waals surface area contributed by atoms with E-state index >= 15 is 0 Å². The molecule has 0 spiro atoms. The van der Waals surface area contributed by atoms with Crippen LogP contribution in [0.4, 0.5) is 5.69 Å². The summed E-state index contributed by atoms with van der Waals surface area (Å²) in [4.78, 5) is 12.1. The number of aryl methyl sites for hydroxylation is 2. The van der Waals surface area contributed by atoms with E-state index in [4.69, 9.17) is 10.2 Å². The highest BCUT2D eigenvalue weighted by molar-refractivity contribution is 5.97. The van der Waals surface area contributed by atoms with Gasteiger partial charge in [0.1, 0.15) is 11.5 Å². The summed E-state index contributed by atoms with van der Waals surface area (Å²) in [5, 5.41) is 9.52. The molecule has 1 amide bonds. The zero-order valence-corrected chi connectivity index (χ0v) is 11.3. The van der Waals surface area contributed by atoms with E-state index in [2.05, 4.69) is 15.5 Å². The lowest BCUT2D eigenvalue weighted by Gasteiger charge is -2.10. The van der Waals surface area contributed by atoms with Crippen molar-refractivity contribution in [3.8, 4) is 0 Å². The van der Waals surface area contributed by atoms with Gasteiger partial charge in [-0.05, 0) is 32.4 Å². The zero-order valence-electron chi connectivity index (χ0n) is 11.3. The van der Waals surface area contributed by atoms with E-state index in [1.807, 2.05) is 32.9 Å². The molecule has 0 saturated heterocycles. The Labute approximate surface area is 111 Å². The number of nitrogen functional groups attached to an aromatic ring is 1. The summed E-state index contributed by atoms with van der Waals surface area (Å²) >= 11 is 0. The summed E-state index contributed by atoms with van der Waals surface area (Å²) in [5.74, 6) is 1.20. The van der Waals surface area contributed by atoms with Crippen molar-refractivity contribution in [1.82, 2.24) is 15.5 Å². The monoisotopic (exact) mass is 262 g/mol. The van der Waals surface area contributed by atoms with Gasteiger partial charge in [0.15, 0.2) is 5.69 Å². The van der Waals surface area contributed by atoms with Gasteiger partial charge in [0.2, 0.25) is 0 Å². The molecule has 0 aliphatic heterocycles. The number of nitrogens with zero attached hydrogens (tertiary/aromatic N) is 1. The average Bonchev–Trinajstić information content (AvgIpc) is 2.95. The number of hydrogen-bond acceptors (Lipinski definition) is 4. The van der Waals surface area contributed by atoms with Gasteiger partial charge >= 0.3 is 0 Å². The van der Waals surface area contributed by atoms with Crippen LogP contribution in [0.25, 0.3) is 0 Å². The van der Waals surface area contributed by atoms with Crippen molar-refractivity contribution >= 4 is 11.6 Å². The fourth-order valence-electron chi connectivity index (χ4n) is 1.85. The van der Waals surface area contributed by atoms with E-state index in [-0.39, 0.29) is 17.6 Å². The van der Waals surface area contributed by atoms with Crippen LogP contribution >= 0.6 is 0 Å². The molecule has 0 aromatic carbocycles. The predicted molar refractivity (Wildman–Crippen MR) is 71.7 cm³/mol. The summed E-state index contributed by atoms with van der Waals surface area (Å²) in [6, 6.07) is 3.46. The van der Waals surface area contributed by atoms with E-state index in [0.29, 0.717) is 17.9 Å². The number of aromatic nitrogens is 2. The topological polar surface area (TPSA) is 96.9 Å². The van der Waals surface area contributed by atoms with Crippen LogP contribution in [-0.2, 0) is 6.42 Å². The summed E-state index contributed by atoms with van der Waals surface area (Å²) in [5.41, 5.74) is 7.26. The van der Waals surface area contributed by atoms with Gasteiger partial charge in [-0.1, -0.05) is 6.92 Å². The van der Waals surface area contributed by atoms with Crippen molar-refractivity contribution < 1.29 is 9.21 Å². The number of nitrogens with two attached hydrogens (primary N) is 1. The quantitative estimate of drug-likeness (QED) is 0.784. The highest BCUT2D eigenvalue weighted by Crippen LogP contribution is 2.18. The van der Waals surface area contributed by atoms with Crippen molar-refractivity contribution in [1.29, 1.82) is 0 Å². The maximum Gasteiger partial charge on any atom is 0.274 e. The number of nitrogens with one attached hydrogen (secondary N) is 2. The molecule has 0 radical (unpaired) electrons. The Balaban J connectivity index is 2.10. The van der Waals surface area contributed by atoms with E-state index in [1.54, 1.807) is 0 Å². The number of furan rings is 1. The molecule has 6 heteroatoms. The summed E-state index contributed by atoms with van der Waals surface area (Å²) in [6.45, 7) is 5.65. The third-order valence-corrected chi connectivity index (χ3v) is 2.99. The smallest absolute Gasteiger partial charge is 0.274 e. The minimum atomic E-state index is -0.310. The number of hydrogen-bond donors (Lipinski definition) is 3. The molecule has 0 aliphatic carbocycles. The van der Waals surface area contributed by atoms with Gasteiger partial charge in [-0.3, -0.25) is 9.89 Å². The second kappa shape index (κ2) is 5.17. The highest BCUT2D eigenvalue weighted by atomic mass is 16.3. The lowest BCUT2D eigenvalue weighted by Crippen LogP contribution is -2.27. The first-order chi connectivity index (χ1) is 9.02. The molecule has 102 valence electrons. The number of anilines is 1. The van der Waals surface area contributed by atoms with Crippen LogP contribution in [0.2, 0.25) is 0 Å². The number of aromatic amines is 1. The molecule has 2 aromatic rings. The number of carbonyl (C=O) groups is 1. The molecule has 0 aliphatic rings. The normalized spacial score (nSPS) is 12.4. The van der Waals surface area contributed by atoms with E-state index in [9.17, 15) is 4.79 Å². The van der Waals surface area contributed by atoms with E-state index in [0.717, 1.165) is 11.5 Å². The van der Waals surface area contributed by atoms with Crippen LogP contribution in [0.1, 0.15) is 47.6 Å². The molecule has 6 nitrogen and oxygen atoms in total. The minimum Gasteiger partial charge on any atom is -0.464 e. The summed E-state index contributed by atoms with van der Waals surface area (Å²) in [6.07, 6.45) is 0.707. The van der Waals surface area contributed by atoms with Gasteiger partial charge in [0, 0.05) is 0 Å². The Morgan fingerprint density at radius 1 is 1.58 bits per heavy atom. The third-order valence-electron chi connectivity index (χ3n) is 2.99. The maximum atomic E-state index is 12.1. The molecule has 1 atom stereocenters. The van der Waals surface area contributed by atoms with Crippen molar-refractivity contribution in [3.63, 3.8) is 0 Å². The molecule has 2 heterocycles. The van der Waals surface area contributed by atoms with Gasteiger partial charge in [0.05, 0.1) is 17.4 Å². The van der Waals surface area contributed by atoms with Crippen molar-refractivity contribution in [2.45, 2.75) is 33.2 Å². The molecule has 0 fully saturated rings. The lowest BCUT2D eigenvalue weighted by molar-refractivity contribution is 0.0931. The molecule has 2 aromatic heterocycles. The predicted octanol–water partition coefficient (Wildman–Crippen LogP) is 1.95. The van der Waals surface area contributed by atoms with Gasteiger partial charge in [-0.15, -0.1) is 0 Å². The SMILES string of the molecule is CCc1[nH]nc(C(=O)NC(C)c2ccc(C)o2)c1N. The van der Waals surface area contributed by atoms with Crippen LogP contribution in [0.3, 0.4) is 0 Å². The Morgan fingerprint density at radius 3 is 2.84 bits per heavy atom. The van der Waals surface area contributed by atoms with Crippen molar-refractivity contribution in [2.24, 2.45) is 0 Å². The summed E-state index contributed by atoms with van der Waals surface area (Å²) in [7, 11) is 0. The van der Waals surface area contributed by atoms with E-state index in [1.165, 1.54) is 0 Å². The van der Waals surface area contributed by atoms with Crippen molar-refractivity contribution in [2.75, 3.05) is 5.73 Å². The second-order valence-corrected chi connectivity index (χ2v) is 4.46. The standard InChI is InChI=1S/C13H18N4O2/c1-4-9-11(14)12(17-16-9)13(18)15-8(3)10-6-5-7(2)19-10/h5-6,8H,4,14H2,1-3H3,(H,15,18)(H,16,17). The van der Waals surface area contributed by atoms with Crippen LogP contribution in [0.15, 0.2) is 16.5 Å². The Hall–Kier alpha value is -2.24. The fraction of sp³-hybridized carbons (Fsp3) is 0.385. The first kappa shape index (κ1) is 13.2. The zero-order chi connectivity index (χ0) is 14.0. The molecular formula is C13H18N4O2. The van der Waals surface area contributed by atoms with Crippen molar-refractivity contribution in [3.05, 3.63) is 35.0 Å².